The third-order valence-corrected chi connectivity index (χ3v) is 2.08. The van der Waals surface area contributed by atoms with Crippen LogP contribution in [0.2, 0.25) is 0 Å². The molecular weight excluding hydrogens is 180 g/mol. The van der Waals surface area contributed by atoms with Crippen LogP contribution in [-0.4, -0.2) is 64.8 Å². The lowest BCUT2D eigenvalue weighted by atomic mass is 9.99. The molecule has 6 nitrogen and oxygen atoms in total. The third-order valence-electron chi connectivity index (χ3n) is 2.08. The zero-order chi connectivity index (χ0) is 10.0. The molecule has 0 aromatic heterocycles. The fourth-order valence-corrected chi connectivity index (χ4v) is 1.26. The van der Waals surface area contributed by atoms with Gasteiger partial charge in [-0.1, -0.05) is 0 Å². The van der Waals surface area contributed by atoms with Crippen LogP contribution in [0.4, 0.5) is 0 Å². The van der Waals surface area contributed by atoms with E-state index in [0.717, 1.165) is 0 Å². The van der Waals surface area contributed by atoms with Gasteiger partial charge < -0.3 is 29.9 Å². The first kappa shape index (κ1) is 10.8. The van der Waals surface area contributed by atoms with E-state index in [9.17, 15) is 15.3 Å². The number of aliphatic hydroxyl groups is 4. The summed E-state index contributed by atoms with van der Waals surface area (Å²) < 4.78 is 9.65. The Hall–Kier alpha value is -0.240. The molecule has 0 spiro atoms. The summed E-state index contributed by atoms with van der Waals surface area (Å²) in [5, 5.41) is 36.6. The Labute approximate surface area is 75.3 Å². The van der Waals surface area contributed by atoms with Crippen molar-refractivity contribution >= 4 is 0 Å². The minimum Gasteiger partial charge on any atom is -0.394 e. The van der Waals surface area contributed by atoms with Crippen molar-refractivity contribution in [3.05, 3.63) is 0 Å². The Balaban J connectivity index is 2.66. The van der Waals surface area contributed by atoms with E-state index in [2.05, 4.69) is 0 Å². The molecule has 0 amide bonds. The Bertz CT molecular complexity index is 143. The van der Waals surface area contributed by atoms with Gasteiger partial charge in [0.15, 0.2) is 6.29 Å². The van der Waals surface area contributed by atoms with Gasteiger partial charge in [0, 0.05) is 7.11 Å². The Kier molecular flexibility index (Phi) is 3.60. The molecule has 1 rings (SSSR count). The maximum atomic E-state index is 9.28. The summed E-state index contributed by atoms with van der Waals surface area (Å²) in [5.74, 6) is 0. The summed E-state index contributed by atoms with van der Waals surface area (Å²) in [6.45, 7) is -0.440. The van der Waals surface area contributed by atoms with Gasteiger partial charge in [-0.05, 0) is 0 Å². The first-order valence-electron chi connectivity index (χ1n) is 3.95. The second kappa shape index (κ2) is 4.32. The Morgan fingerprint density at radius 2 is 1.77 bits per heavy atom. The molecule has 0 radical (unpaired) electrons. The summed E-state index contributed by atoms with van der Waals surface area (Å²) in [6, 6.07) is 0. The molecule has 6 heteroatoms. The van der Waals surface area contributed by atoms with Crippen LogP contribution >= 0.6 is 0 Å². The zero-order valence-corrected chi connectivity index (χ0v) is 7.20. The van der Waals surface area contributed by atoms with Crippen LogP contribution in [-0.2, 0) is 9.47 Å². The number of methoxy groups -OCH3 is 1. The molecule has 0 bridgehead atoms. The zero-order valence-electron chi connectivity index (χ0n) is 7.20. The van der Waals surface area contributed by atoms with E-state index < -0.39 is 37.3 Å². The fourth-order valence-electron chi connectivity index (χ4n) is 1.26. The third kappa shape index (κ3) is 1.98. The predicted molar refractivity (Wildman–Crippen MR) is 40.8 cm³/mol. The number of hydrogen-bond donors (Lipinski definition) is 4. The number of rotatable bonds is 2. The molecule has 1 fully saturated rings. The molecule has 0 aliphatic carbocycles. The standard InChI is InChI=1S/C7H14O6/c1-12-7-6(11)5(10)4(9)3(2-8)13-7/h3-11H,2H2,1H3/t3?,4?,5?,6-,7+/m1/s1. The molecule has 1 saturated heterocycles. The average molecular weight is 194 g/mol. The molecular formula is C7H14O6. The lowest BCUT2D eigenvalue weighted by Gasteiger charge is -2.38. The minimum atomic E-state index is -1.36. The molecule has 13 heavy (non-hydrogen) atoms. The van der Waals surface area contributed by atoms with Crippen LogP contribution in [0.25, 0.3) is 0 Å². The minimum absolute atomic E-state index is 0.440. The maximum absolute atomic E-state index is 9.28. The van der Waals surface area contributed by atoms with Gasteiger partial charge in [0.05, 0.1) is 6.61 Å². The number of aliphatic hydroxyl groups excluding tert-OH is 4. The predicted octanol–water partition coefficient (Wildman–Crippen LogP) is -2.57. The largest absolute Gasteiger partial charge is 0.394 e. The molecule has 0 aromatic rings. The van der Waals surface area contributed by atoms with Gasteiger partial charge in [0.2, 0.25) is 0 Å². The van der Waals surface area contributed by atoms with Gasteiger partial charge >= 0.3 is 0 Å². The van der Waals surface area contributed by atoms with Crippen molar-refractivity contribution in [2.75, 3.05) is 13.7 Å². The highest BCUT2D eigenvalue weighted by atomic mass is 16.7. The van der Waals surface area contributed by atoms with E-state index in [1.54, 1.807) is 0 Å². The highest BCUT2D eigenvalue weighted by Crippen LogP contribution is 2.20. The fraction of sp³-hybridized carbons (Fsp3) is 1.00. The summed E-state index contributed by atoms with van der Waals surface area (Å²) in [5.41, 5.74) is 0. The number of hydrogen-bond acceptors (Lipinski definition) is 6. The lowest BCUT2D eigenvalue weighted by Crippen LogP contribution is -2.58. The van der Waals surface area contributed by atoms with E-state index in [1.165, 1.54) is 7.11 Å². The molecule has 3 unspecified atom stereocenters. The maximum Gasteiger partial charge on any atom is 0.186 e. The molecule has 1 aliphatic heterocycles. The van der Waals surface area contributed by atoms with Crippen LogP contribution in [0.1, 0.15) is 0 Å². The van der Waals surface area contributed by atoms with E-state index in [1.807, 2.05) is 0 Å². The quantitative estimate of drug-likeness (QED) is 0.386. The number of ether oxygens (including phenoxy) is 2. The normalized spacial score (nSPS) is 46.4. The van der Waals surface area contributed by atoms with Crippen LogP contribution in [0.15, 0.2) is 0 Å². The summed E-state index contributed by atoms with van der Waals surface area (Å²) in [4.78, 5) is 0. The van der Waals surface area contributed by atoms with Crippen molar-refractivity contribution in [2.45, 2.75) is 30.7 Å². The van der Waals surface area contributed by atoms with Crippen LogP contribution in [0.5, 0.6) is 0 Å². The van der Waals surface area contributed by atoms with Crippen molar-refractivity contribution in [1.29, 1.82) is 0 Å². The van der Waals surface area contributed by atoms with Crippen LogP contribution in [0.3, 0.4) is 0 Å². The Morgan fingerprint density at radius 1 is 1.15 bits per heavy atom. The van der Waals surface area contributed by atoms with Gasteiger partial charge in [-0.15, -0.1) is 0 Å². The molecule has 78 valence electrons. The van der Waals surface area contributed by atoms with E-state index in [0.29, 0.717) is 0 Å². The van der Waals surface area contributed by atoms with Gasteiger partial charge in [-0.3, -0.25) is 0 Å². The van der Waals surface area contributed by atoms with E-state index >= 15 is 0 Å². The van der Waals surface area contributed by atoms with E-state index in [4.69, 9.17) is 14.6 Å². The van der Waals surface area contributed by atoms with Gasteiger partial charge in [-0.25, -0.2) is 0 Å². The molecule has 0 aromatic carbocycles. The molecule has 5 atom stereocenters. The van der Waals surface area contributed by atoms with Crippen LogP contribution in [0, 0.1) is 0 Å². The highest BCUT2D eigenvalue weighted by Gasteiger charge is 2.43. The smallest absolute Gasteiger partial charge is 0.186 e. The second-order valence-electron chi connectivity index (χ2n) is 2.93. The van der Waals surface area contributed by atoms with Gasteiger partial charge in [0.25, 0.3) is 0 Å². The van der Waals surface area contributed by atoms with Gasteiger partial charge in [0.1, 0.15) is 24.4 Å². The first-order valence-corrected chi connectivity index (χ1v) is 3.95. The molecule has 4 N–H and O–H groups in total. The summed E-state index contributed by atoms with van der Waals surface area (Å²) in [6.07, 6.45) is -5.91. The lowest BCUT2D eigenvalue weighted by molar-refractivity contribution is -0.294. The topological polar surface area (TPSA) is 99.4 Å². The van der Waals surface area contributed by atoms with Crippen LogP contribution < -0.4 is 0 Å². The molecule has 0 saturated carbocycles. The SMILES string of the molecule is CO[C@H]1OC(CO)C(O)C(O)[C@H]1O. The summed E-state index contributed by atoms with van der Waals surface area (Å²) >= 11 is 0. The van der Waals surface area contributed by atoms with Crippen molar-refractivity contribution < 1.29 is 29.9 Å². The van der Waals surface area contributed by atoms with Crippen molar-refractivity contribution in [3.63, 3.8) is 0 Å². The second-order valence-corrected chi connectivity index (χ2v) is 2.93. The highest BCUT2D eigenvalue weighted by molar-refractivity contribution is 4.88. The molecule has 1 aliphatic rings. The Morgan fingerprint density at radius 3 is 2.23 bits per heavy atom. The molecule has 1 heterocycles. The average Bonchev–Trinajstić information content (AvgIpc) is 2.15. The van der Waals surface area contributed by atoms with Crippen molar-refractivity contribution in [1.82, 2.24) is 0 Å². The first-order chi connectivity index (χ1) is 6.11. The monoisotopic (exact) mass is 194 g/mol. The van der Waals surface area contributed by atoms with Crippen molar-refractivity contribution in [2.24, 2.45) is 0 Å². The van der Waals surface area contributed by atoms with E-state index in [-0.39, 0.29) is 0 Å². The van der Waals surface area contributed by atoms with Gasteiger partial charge in [-0.2, -0.15) is 0 Å². The summed E-state index contributed by atoms with van der Waals surface area (Å²) in [7, 11) is 1.30. The van der Waals surface area contributed by atoms with Crippen molar-refractivity contribution in [3.8, 4) is 0 Å².